The molecule has 0 aliphatic carbocycles. The van der Waals surface area contributed by atoms with Gasteiger partial charge in [-0.15, -0.1) is 10.2 Å². The minimum Gasteiger partial charge on any atom is -0.350 e. The van der Waals surface area contributed by atoms with E-state index in [-0.39, 0.29) is 23.3 Å². The fourth-order valence-electron chi connectivity index (χ4n) is 3.49. The van der Waals surface area contributed by atoms with Crippen LogP contribution in [0.4, 0.5) is 8.78 Å². The summed E-state index contributed by atoms with van der Waals surface area (Å²) >= 11 is 0. The van der Waals surface area contributed by atoms with Gasteiger partial charge < -0.3 is 5.32 Å². The van der Waals surface area contributed by atoms with Crippen molar-refractivity contribution in [2.45, 2.75) is 32.2 Å². The van der Waals surface area contributed by atoms with Crippen LogP contribution in [0.2, 0.25) is 0 Å². The van der Waals surface area contributed by atoms with E-state index in [0.29, 0.717) is 25.1 Å². The van der Waals surface area contributed by atoms with E-state index in [0.717, 1.165) is 17.7 Å². The lowest BCUT2D eigenvalue weighted by molar-refractivity contribution is -0.121. The Labute approximate surface area is 182 Å². The van der Waals surface area contributed by atoms with Crippen molar-refractivity contribution in [1.29, 1.82) is 0 Å². The molecule has 0 spiro atoms. The quantitative estimate of drug-likeness (QED) is 0.481. The van der Waals surface area contributed by atoms with Gasteiger partial charge in [-0.25, -0.2) is 8.78 Å². The Morgan fingerprint density at radius 2 is 1.84 bits per heavy atom. The number of aryl methyl sites for hydroxylation is 1. The normalized spacial score (nSPS) is 12.1. The molecular formula is C23H21F2N5O2. The van der Waals surface area contributed by atoms with Crippen molar-refractivity contribution in [3.05, 3.63) is 94.3 Å². The second-order valence-corrected chi connectivity index (χ2v) is 7.43. The lowest BCUT2D eigenvalue weighted by atomic mass is 10.1. The van der Waals surface area contributed by atoms with E-state index >= 15 is 0 Å². The Kier molecular flexibility index (Phi) is 6.07. The molecule has 32 heavy (non-hydrogen) atoms. The lowest BCUT2D eigenvalue weighted by Gasteiger charge is -2.14. The van der Waals surface area contributed by atoms with Crippen LogP contribution in [0.5, 0.6) is 0 Å². The molecule has 0 saturated heterocycles. The SMILES string of the molecule is C[C@@H](NC(=O)CCCc1nnc2c(=O)n(-c3ccc(F)c(F)c3)ccn12)c1ccccc1. The summed E-state index contributed by atoms with van der Waals surface area (Å²) in [6.07, 6.45) is 4.31. The highest BCUT2D eigenvalue weighted by molar-refractivity contribution is 5.76. The van der Waals surface area contributed by atoms with E-state index in [9.17, 15) is 18.4 Å². The van der Waals surface area contributed by atoms with Gasteiger partial charge >= 0.3 is 5.56 Å². The number of benzene rings is 2. The average Bonchev–Trinajstić information content (AvgIpc) is 3.20. The van der Waals surface area contributed by atoms with Gasteiger partial charge in [0.15, 0.2) is 11.6 Å². The summed E-state index contributed by atoms with van der Waals surface area (Å²) in [5.41, 5.74) is 0.771. The maximum absolute atomic E-state index is 13.5. The second-order valence-electron chi connectivity index (χ2n) is 7.43. The van der Waals surface area contributed by atoms with Crippen LogP contribution in [0.1, 0.15) is 37.2 Å². The largest absolute Gasteiger partial charge is 0.350 e. The molecule has 9 heteroatoms. The van der Waals surface area contributed by atoms with Crippen LogP contribution in [0.15, 0.2) is 65.7 Å². The van der Waals surface area contributed by atoms with Crippen LogP contribution in [0.25, 0.3) is 11.3 Å². The number of carbonyl (C=O) groups excluding carboxylic acids is 1. The van der Waals surface area contributed by atoms with Crippen molar-refractivity contribution in [2.75, 3.05) is 0 Å². The van der Waals surface area contributed by atoms with E-state index in [2.05, 4.69) is 15.5 Å². The van der Waals surface area contributed by atoms with Gasteiger partial charge in [-0.3, -0.25) is 18.6 Å². The highest BCUT2D eigenvalue weighted by Gasteiger charge is 2.14. The summed E-state index contributed by atoms with van der Waals surface area (Å²) in [5.74, 6) is -1.57. The topological polar surface area (TPSA) is 81.3 Å². The molecule has 0 radical (unpaired) electrons. The number of halogens is 2. The third-order valence-electron chi connectivity index (χ3n) is 5.20. The third-order valence-corrected chi connectivity index (χ3v) is 5.20. The van der Waals surface area contributed by atoms with Crippen molar-refractivity contribution in [2.24, 2.45) is 0 Å². The summed E-state index contributed by atoms with van der Waals surface area (Å²) in [6, 6.07) is 12.8. The van der Waals surface area contributed by atoms with Crippen LogP contribution >= 0.6 is 0 Å². The molecule has 164 valence electrons. The summed E-state index contributed by atoms with van der Waals surface area (Å²) in [6.45, 7) is 1.93. The Balaban J connectivity index is 1.42. The first kappa shape index (κ1) is 21.4. The van der Waals surface area contributed by atoms with Crippen molar-refractivity contribution in [3.63, 3.8) is 0 Å². The molecule has 2 aromatic heterocycles. The summed E-state index contributed by atoms with van der Waals surface area (Å²) < 4.78 is 29.4. The maximum atomic E-state index is 13.5. The number of rotatable bonds is 7. The predicted octanol–water partition coefficient (Wildman–Crippen LogP) is 3.36. The van der Waals surface area contributed by atoms with Gasteiger partial charge in [0.25, 0.3) is 0 Å². The Morgan fingerprint density at radius 3 is 2.59 bits per heavy atom. The van der Waals surface area contributed by atoms with E-state index in [4.69, 9.17) is 0 Å². The second kappa shape index (κ2) is 9.09. The lowest BCUT2D eigenvalue weighted by Crippen LogP contribution is -2.26. The number of hydrogen-bond donors (Lipinski definition) is 1. The van der Waals surface area contributed by atoms with Crippen molar-refractivity contribution in [1.82, 2.24) is 24.5 Å². The summed E-state index contributed by atoms with van der Waals surface area (Å²) in [7, 11) is 0. The van der Waals surface area contributed by atoms with Gasteiger partial charge in [0.05, 0.1) is 11.7 Å². The van der Waals surface area contributed by atoms with E-state index in [1.165, 1.54) is 16.8 Å². The predicted molar refractivity (Wildman–Crippen MR) is 114 cm³/mol. The van der Waals surface area contributed by atoms with E-state index in [1.807, 2.05) is 37.3 Å². The third kappa shape index (κ3) is 4.41. The number of carbonyl (C=O) groups is 1. The van der Waals surface area contributed by atoms with Gasteiger partial charge in [0.1, 0.15) is 5.82 Å². The maximum Gasteiger partial charge on any atom is 0.300 e. The molecule has 4 rings (SSSR count). The van der Waals surface area contributed by atoms with Crippen LogP contribution in [0, 0.1) is 11.6 Å². The Morgan fingerprint density at radius 1 is 1.06 bits per heavy atom. The summed E-state index contributed by atoms with van der Waals surface area (Å²) in [5, 5.41) is 11.0. The molecule has 2 heterocycles. The zero-order valence-electron chi connectivity index (χ0n) is 17.3. The zero-order chi connectivity index (χ0) is 22.7. The number of nitrogens with zero attached hydrogens (tertiary/aromatic N) is 4. The number of hydrogen-bond acceptors (Lipinski definition) is 4. The number of nitrogens with one attached hydrogen (secondary N) is 1. The van der Waals surface area contributed by atoms with Crippen molar-refractivity contribution in [3.8, 4) is 5.69 Å². The van der Waals surface area contributed by atoms with Gasteiger partial charge in [-0.2, -0.15) is 0 Å². The molecule has 0 fully saturated rings. The van der Waals surface area contributed by atoms with Gasteiger partial charge in [-0.05, 0) is 31.0 Å². The first-order chi connectivity index (χ1) is 15.4. The average molecular weight is 437 g/mol. The molecule has 0 aliphatic heterocycles. The molecule has 1 amide bonds. The number of aromatic nitrogens is 4. The minimum atomic E-state index is -1.05. The number of amides is 1. The molecule has 0 aliphatic rings. The van der Waals surface area contributed by atoms with Crippen molar-refractivity contribution < 1.29 is 13.6 Å². The first-order valence-electron chi connectivity index (χ1n) is 10.2. The number of fused-ring (bicyclic) bond motifs is 1. The van der Waals surface area contributed by atoms with Gasteiger partial charge in [0, 0.05) is 31.3 Å². The van der Waals surface area contributed by atoms with Crippen LogP contribution in [-0.2, 0) is 11.2 Å². The van der Waals surface area contributed by atoms with Crippen LogP contribution < -0.4 is 10.9 Å². The molecule has 2 aromatic carbocycles. The molecule has 1 N–H and O–H groups in total. The highest BCUT2D eigenvalue weighted by atomic mass is 19.2. The Hall–Kier alpha value is -3.88. The molecule has 0 bridgehead atoms. The van der Waals surface area contributed by atoms with Crippen LogP contribution in [-0.4, -0.2) is 25.1 Å². The Bertz CT molecular complexity index is 1320. The standard InChI is InChI=1S/C23H21F2N5O2/c1-15(16-6-3-2-4-7-16)26-21(31)9-5-8-20-27-28-22-23(32)29(12-13-30(20)22)17-10-11-18(24)19(25)14-17/h2-4,6-7,10-15H,5,8-9H2,1H3,(H,26,31)/t15-/m1/s1. The fourth-order valence-corrected chi connectivity index (χ4v) is 3.49. The van der Waals surface area contributed by atoms with Gasteiger partial charge in [0.2, 0.25) is 11.6 Å². The first-order valence-corrected chi connectivity index (χ1v) is 10.2. The van der Waals surface area contributed by atoms with Crippen molar-refractivity contribution >= 4 is 11.6 Å². The smallest absolute Gasteiger partial charge is 0.300 e. The van der Waals surface area contributed by atoms with Crippen LogP contribution in [0.3, 0.4) is 0 Å². The van der Waals surface area contributed by atoms with Gasteiger partial charge in [-0.1, -0.05) is 30.3 Å². The molecule has 0 unspecified atom stereocenters. The molecule has 4 aromatic rings. The molecular weight excluding hydrogens is 416 g/mol. The zero-order valence-corrected chi connectivity index (χ0v) is 17.3. The van der Waals surface area contributed by atoms with E-state index in [1.54, 1.807) is 10.6 Å². The fraction of sp³-hybridized carbons (Fsp3) is 0.217. The molecule has 1 atom stereocenters. The highest BCUT2D eigenvalue weighted by Crippen LogP contribution is 2.14. The molecule has 0 saturated carbocycles. The molecule has 7 nitrogen and oxygen atoms in total. The summed E-state index contributed by atoms with van der Waals surface area (Å²) in [4.78, 5) is 25.0. The minimum absolute atomic E-state index is 0.0642. The van der Waals surface area contributed by atoms with E-state index < -0.39 is 17.2 Å². The monoisotopic (exact) mass is 437 g/mol.